The maximum absolute atomic E-state index is 10.4. The van der Waals surface area contributed by atoms with Gasteiger partial charge in [-0.2, -0.15) is 0 Å². The number of hydrogen-bond donors (Lipinski definition) is 3. The van der Waals surface area contributed by atoms with Crippen molar-refractivity contribution >= 4 is 21.9 Å². The van der Waals surface area contributed by atoms with Crippen molar-refractivity contribution in [1.29, 1.82) is 0 Å². The molecular weight excluding hydrogens is 250 g/mol. The van der Waals surface area contributed by atoms with Gasteiger partial charge in [0.2, 0.25) is 0 Å². The van der Waals surface area contributed by atoms with Gasteiger partial charge in [-0.05, 0) is 27.6 Å². The SMILES string of the molecule is N[C@H](CC(=O)O)c1cccc(O)c1Br. The number of aromatic hydroxyl groups is 1. The van der Waals surface area contributed by atoms with Gasteiger partial charge in [0.1, 0.15) is 5.75 Å². The summed E-state index contributed by atoms with van der Waals surface area (Å²) < 4.78 is 0.453. The summed E-state index contributed by atoms with van der Waals surface area (Å²) in [5.41, 5.74) is 6.23. The predicted octanol–water partition coefficient (Wildman–Crippen LogP) is 1.63. The van der Waals surface area contributed by atoms with Crippen LogP contribution in [0.1, 0.15) is 18.0 Å². The van der Waals surface area contributed by atoms with E-state index >= 15 is 0 Å². The minimum absolute atomic E-state index is 0.0586. The third-order valence-corrected chi connectivity index (χ3v) is 2.67. The van der Waals surface area contributed by atoms with Crippen LogP contribution in [-0.4, -0.2) is 16.2 Å². The number of benzene rings is 1. The number of rotatable bonds is 3. The molecule has 0 aliphatic heterocycles. The van der Waals surface area contributed by atoms with Gasteiger partial charge in [-0.1, -0.05) is 12.1 Å². The normalized spacial score (nSPS) is 12.4. The van der Waals surface area contributed by atoms with E-state index in [1.165, 1.54) is 6.07 Å². The van der Waals surface area contributed by atoms with E-state index in [4.69, 9.17) is 10.8 Å². The average molecular weight is 260 g/mol. The molecule has 0 saturated carbocycles. The topological polar surface area (TPSA) is 83.6 Å². The molecule has 1 rings (SSSR count). The molecule has 4 N–H and O–H groups in total. The second-order valence-corrected chi connectivity index (χ2v) is 3.68. The monoisotopic (exact) mass is 259 g/mol. The fourth-order valence-corrected chi connectivity index (χ4v) is 1.68. The zero-order valence-corrected chi connectivity index (χ0v) is 8.86. The van der Waals surface area contributed by atoms with Crippen molar-refractivity contribution in [3.63, 3.8) is 0 Å². The number of phenols is 1. The summed E-state index contributed by atoms with van der Waals surface area (Å²) >= 11 is 3.15. The number of carboxylic acid groups (broad SMARTS) is 1. The molecule has 4 nitrogen and oxygen atoms in total. The van der Waals surface area contributed by atoms with Crippen LogP contribution >= 0.6 is 15.9 Å². The summed E-state index contributed by atoms with van der Waals surface area (Å²) in [5.74, 6) is -0.906. The van der Waals surface area contributed by atoms with Crippen LogP contribution in [0.2, 0.25) is 0 Å². The summed E-state index contributed by atoms with van der Waals surface area (Å²) in [6, 6.07) is 4.18. The largest absolute Gasteiger partial charge is 0.507 e. The Kier molecular flexibility index (Phi) is 3.49. The van der Waals surface area contributed by atoms with Gasteiger partial charge in [0, 0.05) is 6.04 Å². The van der Waals surface area contributed by atoms with Crippen molar-refractivity contribution in [3.8, 4) is 5.75 Å². The van der Waals surface area contributed by atoms with Crippen LogP contribution in [0, 0.1) is 0 Å². The lowest BCUT2D eigenvalue weighted by molar-refractivity contribution is -0.137. The lowest BCUT2D eigenvalue weighted by Crippen LogP contribution is -2.15. The quantitative estimate of drug-likeness (QED) is 0.771. The van der Waals surface area contributed by atoms with Crippen molar-refractivity contribution in [3.05, 3.63) is 28.2 Å². The van der Waals surface area contributed by atoms with Crippen LogP contribution in [0.25, 0.3) is 0 Å². The molecule has 0 fully saturated rings. The molecule has 0 bridgehead atoms. The first-order valence-corrected chi connectivity index (χ1v) is 4.76. The summed E-state index contributed by atoms with van der Waals surface area (Å²) in [6.45, 7) is 0. The molecule has 0 aliphatic rings. The molecule has 0 aromatic heterocycles. The van der Waals surface area contributed by atoms with Crippen LogP contribution in [0.15, 0.2) is 22.7 Å². The number of carboxylic acids is 1. The number of hydrogen-bond acceptors (Lipinski definition) is 3. The van der Waals surface area contributed by atoms with Crippen molar-refractivity contribution in [1.82, 2.24) is 0 Å². The van der Waals surface area contributed by atoms with E-state index in [-0.39, 0.29) is 12.2 Å². The van der Waals surface area contributed by atoms with Crippen molar-refractivity contribution in [2.75, 3.05) is 0 Å². The van der Waals surface area contributed by atoms with Crippen molar-refractivity contribution < 1.29 is 15.0 Å². The molecule has 1 atom stereocenters. The molecule has 14 heavy (non-hydrogen) atoms. The maximum Gasteiger partial charge on any atom is 0.305 e. The summed E-state index contributed by atoms with van der Waals surface area (Å²) in [7, 11) is 0. The van der Waals surface area contributed by atoms with Gasteiger partial charge >= 0.3 is 5.97 Å². The number of phenolic OH excluding ortho intramolecular Hbond substituents is 1. The van der Waals surface area contributed by atoms with E-state index in [0.29, 0.717) is 10.0 Å². The molecule has 1 aromatic rings. The Morgan fingerprint density at radius 2 is 2.21 bits per heavy atom. The van der Waals surface area contributed by atoms with Crippen LogP contribution in [0.4, 0.5) is 0 Å². The third-order valence-electron chi connectivity index (χ3n) is 1.80. The fraction of sp³-hybridized carbons (Fsp3) is 0.222. The van der Waals surface area contributed by atoms with Crippen LogP contribution < -0.4 is 5.73 Å². The van der Waals surface area contributed by atoms with E-state index in [1.54, 1.807) is 12.1 Å². The van der Waals surface area contributed by atoms with E-state index in [1.807, 2.05) is 0 Å². The highest BCUT2D eigenvalue weighted by atomic mass is 79.9. The fourth-order valence-electron chi connectivity index (χ4n) is 1.12. The Balaban J connectivity index is 2.95. The van der Waals surface area contributed by atoms with E-state index in [9.17, 15) is 9.90 Å². The Morgan fingerprint density at radius 3 is 2.79 bits per heavy atom. The first kappa shape index (κ1) is 11.0. The zero-order chi connectivity index (χ0) is 10.7. The summed E-state index contributed by atoms with van der Waals surface area (Å²) in [5, 5.41) is 17.9. The number of halogens is 1. The van der Waals surface area contributed by atoms with E-state index in [2.05, 4.69) is 15.9 Å². The van der Waals surface area contributed by atoms with E-state index < -0.39 is 12.0 Å². The molecular formula is C9H10BrNO3. The van der Waals surface area contributed by atoms with Gasteiger partial charge < -0.3 is 15.9 Å². The Bertz CT molecular complexity index is 354. The van der Waals surface area contributed by atoms with Gasteiger partial charge in [-0.25, -0.2) is 0 Å². The molecule has 0 saturated heterocycles. The first-order valence-electron chi connectivity index (χ1n) is 3.97. The minimum Gasteiger partial charge on any atom is -0.507 e. The number of carbonyl (C=O) groups is 1. The minimum atomic E-state index is -0.965. The highest BCUT2D eigenvalue weighted by Gasteiger charge is 2.14. The van der Waals surface area contributed by atoms with Crippen LogP contribution in [0.5, 0.6) is 5.75 Å². The molecule has 76 valence electrons. The van der Waals surface area contributed by atoms with Gasteiger partial charge in [-0.15, -0.1) is 0 Å². The smallest absolute Gasteiger partial charge is 0.305 e. The maximum atomic E-state index is 10.4. The Hall–Kier alpha value is -1.07. The predicted molar refractivity (Wildman–Crippen MR) is 55.0 cm³/mol. The lowest BCUT2D eigenvalue weighted by atomic mass is 10.0. The average Bonchev–Trinajstić information content (AvgIpc) is 2.08. The molecule has 0 radical (unpaired) electrons. The molecule has 1 aromatic carbocycles. The third kappa shape index (κ3) is 2.46. The van der Waals surface area contributed by atoms with Crippen molar-refractivity contribution in [2.45, 2.75) is 12.5 Å². The van der Waals surface area contributed by atoms with Crippen LogP contribution in [0.3, 0.4) is 0 Å². The second-order valence-electron chi connectivity index (χ2n) is 2.88. The lowest BCUT2D eigenvalue weighted by Gasteiger charge is -2.11. The number of aliphatic carboxylic acids is 1. The Morgan fingerprint density at radius 1 is 1.57 bits per heavy atom. The molecule has 0 spiro atoms. The second kappa shape index (κ2) is 4.43. The molecule has 0 unspecified atom stereocenters. The summed E-state index contributed by atoms with van der Waals surface area (Å²) in [6.07, 6.45) is -0.165. The zero-order valence-electron chi connectivity index (χ0n) is 7.27. The first-order chi connectivity index (χ1) is 6.52. The van der Waals surface area contributed by atoms with Gasteiger partial charge in [0.25, 0.3) is 0 Å². The van der Waals surface area contributed by atoms with Crippen molar-refractivity contribution in [2.24, 2.45) is 5.73 Å². The van der Waals surface area contributed by atoms with Crippen LogP contribution in [-0.2, 0) is 4.79 Å². The highest BCUT2D eigenvalue weighted by Crippen LogP contribution is 2.31. The van der Waals surface area contributed by atoms with Gasteiger partial charge in [-0.3, -0.25) is 4.79 Å². The van der Waals surface area contributed by atoms with E-state index in [0.717, 1.165) is 0 Å². The molecule has 0 amide bonds. The molecule has 0 aliphatic carbocycles. The number of nitrogens with two attached hydrogens (primary N) is 1. The molecule has 0 heterocycles. The standard InChI is InChI=1S/C9H10BrNO3/c10-9-5(2-1-3-7(9)12)6(11)4-8(13)14/h1-3,6,12H,4,11H2,(H,13,14)/t6-/m1/s1. The summed E-state index contributed by atoms with van der Waals surface area (Å²) in [4.78, 5) is 10.4. The highest BCUT2D eigenvalue weighted by molar-refractivity contribution is 9.10. The van der Waals surface area contributed by atoms with Gasteiger partial charge in [0.15, 0.2) is 0 Å². The Labute approximate surface area is 89.5 Å². The van der Waals surface area contributed by atoms with Gasteiger partial charge in [0.05, 0.1) is 10.9 Å². The molecule has 5 heteroatoms.